The number of nitrogens with one attached hydrogen (secondary N) is 1. The van der Waals surface area contributed by atoms with Gasteiger partial charge < -0.3 is 10.2 Å². The van der Waals surface area contributed by atoms with E-state index >= 15 is 0 Å². The van der Waals surface area contributed by atoms with Crippen LogP contribution in [0.2, 0.25) is 0 Å². The van der Waals surface area contributed by atoms with Crippen molar-refractivity contribution in [3.63, 3.8) is 0 Å². The molecule has 4 atom stereocenters. The first-order chi connectivity index (χ1) is 8.70. The smallest absolute Gasteiger partial charge is 0.0107 e. The van der Waals surface area contributed by atoms with Gasteiger partial charge in [0.05, 0.1) is 0 Å². The van der Waals surface area contributed by atoms with Crippen LogP contribution in [0.15, 0.2) is 0 Å². The maximum absolute atomic E-state index is 3.72. The minimum absolute atomic E-state index is 0.787. The van der Waals surface area contributed by atoms with Crippen LogP contribution in [-0.4, -0.2) is 36.6 Å². The molecule has 0 aromatic heterocycles. The maximum atomic E-state index is 3.72. The molecule has 0 radical (unpaired) electrons. The Labute approximate surface area is 114 Å². The van der Waals surface area contributed by atoms with E-state index in [1.54, 1.807) is 0 Å². The Morgan fingerprint density at radius 2 is 1.89 bits per heavy atom. The molecule has 18 heavy (non-hydrogen) atoms. The molecule has 1 N–H and O–H groups in total. The average Bonchev–Trinajstić information content (AvgIpc) is 2.35. The molecule has 4 unspecified atom stereocenters. The van der Waals surface area contributed by atoms with Crippen LogP contribution < -0.4 is 5.32 Å². The third-order valence-corrected chi connectivity index (χ3v) is 5.12. The van der Waals surface area contributed by atoms with E-state index < -0.39 is 0 Å². The van der Waals surface area contributed by atoms with E-state index in [2.05, 4.69) is 31.0 Å². The molecule has 1 saturated carbocycles. The fourth-order valence-corrected chi connectivity index (χ4v) is 3.99. The van der Waals surface area contributed by atoms with Gasteiger partial charge in [-0.25, -0.2) is 0 Å². The number of likely N-dealkylation sites (tertiary alicyclic amines) is 1. The van der Waals surface area contributed by atoms with E-state index in [1.807, 2.05) is 0 Å². The predicted molar refractivity (Wildman–Crippen MR) is 78.9 cm³/mol. The monoisotopic (exact) mass is 252 g/mol. The molecule has 2 rings (SSSR count). The average molecular weight is 252 g/mol. The van der Waals surface area contributed by atoms with E-state index in [0.717, 1.165) is 30.5 Å². The van der Waals surface area contributed by atoms with E-state index in [4.69, 9.17) is 0 Å². The van der Waals surface area contributed by atoms with Crippen LogP contribution in [0.25, 0.3) is 0 Å². The van der Waals surface area contributed by atoms with Crippen molar-refractivity contribution in [3.8, 4) is 0 Å². The lowest BCUT2D eigenvalue weighted by Gasteiger charge is -2.41. The lowest BCUT2D eigenvalue weighted by atomic mass is 9.83. The highest BCUT2D eigenvalue weighted by molar-refractivity contribution is 4.86. The molecule has 2 nitrogen and oxygen atoms in total. The summed E-state index contributed by atoms with van der Waals surface area (Å²) in [6.45, 7) is 10.9. The topological polar surface area (TPSA) is 15.3 Å². The highest BCUT2D eigenvalue weighted by Gasteiger charge is 2.29. The van der Waals surface area contributed by atoms with Crippen molar-refractivity contribution in [2.24, 2.45) is 11.8 Å². The second-order valence-electron chi connectivity index (χ2n) is 6.68. The van der Waals surface area contributed by atoms with Gasteiger partial charge in [-0.15, -0.1) is 0 Å². The van der Waals surface area contributed by atoms with Crippen LogP contribution in [0, 0.1) is 11.8 Å². The van der Waals surface area contributed by atoms with Crippen molar-refractivity contribution >= 4 is 0 Å². The summed E-state index contributed by atoms with van der Waals surface area (Å²) in [4.78, 5) is 2.76. The van der Waals surface area contributed by atoms with Gasteiger partial charge in [0.25, 0.3) is 0 Å². The first-order valence-corrected chi connectivity index (χ1v) is 8.18. The summed E-state index contributed by atoms with van der Waals surface area (Å²) in [6, 6.07) is 1.59. The molecular formula is C16H32N2. The lowest BCUT2D eigenvalue weighted by molar-refractivity contribution is 0.0884. The van der Waals surface area contributed by atoms with Gasteiger partial charge in [0.15, 0.2) is 0 Å². The third-order valence-electron chi connectivity index (χ3n) is 5.12. The normalized spacial score (nSPS) is 38.8. The van der Waals surface area contributed by atoms with Crippen molar-refractivity contribution in [3.05, 3.63) is 0 Å². The van der Waals surface area contributed by atoms with E-state index in [-0.39, 0.29) is 0 Å². The fraction of sp³-hybridized carbons (Fsp3) is 1.00. The van der Waals surface area contributed by atoms with Crippen LogP contribution in [0.1, 0.15) is 59.3 Å². The van der Waals surface area contributed by atoms with Gasteiger partial charge in [0, 0.05) is 18.6 Å². The number of piperidine rings is 1. The fourth-order valence-electron chi connectivity index (χ4n) is 3.99. The highest BCUT2D eigenvalue weighted by Crippen LogP contribution is 2.29. The standard InChI is InChI=1S/C16H32N2/c1-4-17-16-8-6-5-7-15(16)12-18-10-9-13(2)11-14(18)3/h13-17H,4-12H2,1-3H3. The highest BCUT2D eigenvalue weighted by atomic mass is 15.2. The molecule has 106 valence electrons. The molecule has 2 fully saturated rings. The van der Waals surface area contributed by atoms with Crippen molar-refractivity contribution in [2.45, 2.75) is 71.4 Å². The Morgan fingerprint density at radius 1 is 1.11 bits per heavy atom. The van der Waals surface area contributed by atoms with Crippen LogP contribution in [0.3, 0.4) is 0 Å². The molecule has 0 aromatic carbocycles. The second kappa shape index (κ2) is 6.91. The Kier molecular flexibility index (Phi) is 5.50. The van der Waals surface area contributed by atoms with Crippen molar-refractivity contribution in [1.82, 2.24) is 10.2 Å². The summed E-state index contributed by atoms with van der Waals surface area (Å²) in [5.74, 6) is 1.83. The minimum Gasteiger partial charge on any atom is -0.314 e. The lowest BCUT2D eigenvalue weighted by Crippen LogP contribution is -2.48. The summed E-state index contributed by atoms with van der Waals surface area (Å²) in [5, 5.41) is 3.72. The molecule has 2 aliphatic rings. The Balaban J connectivity index is 1.86. The number of rotatable bonds is 4. The molecule has 1 aliphatic carbocycles. The summed E-state index contributed by atoms with van der Waals surface area (Å²) in [6.07, 6.45) is 8.53. The zero-order chi connectivity index (χ0) is 13.0. The zero-order valence-electron chi connectivity index (χ0n) is 12.6. The van der Waals surface area contributed by atoms with E-state index in [9.17, 15) is 0 Å². The van der Waals surface area contributed by atoms with Gasteiger partial charge in [-0.2, -0.15) is 0 Å². The van der Waals surface area contributed by atoms with Gasteiger partial charge in [-0.05, 0) is 57.5 Å². The number of hydrogen-bond acceptors (Lipinski definition) is 2. The van der Waals surface area contributed by atoms with Gasteiger partial charge in [-0.3, -0.25) is 0 Å². The number of nitrogens with zero attached hydrogens (tertiary/aromatic N) is 1. The van der Waals surface area contributed by atoms with Gasteiger partial charge in [-0.1, -0.05) is 26.7 Å². The van der Waals surface area contributed by atoms with Crippen LogP contribution in [0.5, 0.6) is 0 Å². The van der Waals surface area contributed by atoms with Crippen molar-refractivity contribution in [2.75, 3.05) is 19.6 Å². The molecule has 0 aromatic rings. The predicted octanol–water partition coefficient (Wildman–Crippen LogP) is 3.28. The Hall–Kier alpha value is -0.0800. The third kappa shape index (κ3) is 3.71. The molecule has 0 bridgehead atoms. The Bertz CT molecular complexity index is 239. The minimum atomic E-state index is 0.787. The van der Waals surface area contributed by atoms with Crippen LogP contribution >= 0.6 is 0 Å². The zero-order valence-corrected chi connectivity index (χ0v) is 12.6. The summed E-state index contributed by atoms with van der Waals surface area (Å²) in [5.41, 5.74) is 0. The largest absolute Gasteiger partial charge is 0.314 e. The second-order valence-corrected chi connectivity index (χ2v) is 6.68. The first kappa shape index (κ1) is 14.3. The van der Waals surface area contributed by atoms with E-state index in [1.165, 1.54) is 51.6 Å². The molecule has 1 saturated heterocycles. The van der Waals surface area contributed by atoms with Gasteiger partial charge in [0.1, 0.15) is 0 Å². The molecule has 0 spiro atoms. The van der Waals surface area contributed by atoms with Crippen LogP contribution in [-0.2, 0) is 0 Å². The van der Waals surface area contributed by atoms with Crippen molar-refractivity contribution in [1.29, 1.82) is 0 Å². The summed E-state index contributed by atoms with van der Waals surface area (Å²) >= 11 is 0. The molecule has 0 amide bonds. The quantitative estimate of drug-likeness (QED) is 0.826. The first-order valence-electron chi connectivity index (χ1n) is 8.18. The van der Waals surface area contributed by atoms with Crippen LogP contribution in [0.4, 0.5) is 0 Å². The van der Waals surface area contributed by atoms with Gasteiger partial charge >= 0.3 is 0 Å². The SMILES string of the molecule is CCNC1CCCCC1CN1CCC(C)CC1C. The number of hydrogen-bond donors (Lipinski definition) is 1. The Morgan fingerprint density at radius 3 is 2.61 bits per heavy atom. The van der Waals surface area contributed by atoms with Crippen molar-refractivity contribution < 1.29 is 0 Å². The maximum Gasteiger partial charge on any atom is 0.0107 e. The molecule has 1 aliphatic heterocycles. The summed E-state index contributed by atoms with van der Waals surface area (Å²) < 4.78 is 0. The van der Waals surface area contributed by atoms with E-state index in [0.29, 0.717) is 0 Å². The van der Waals surface area contributed by atoms with Gasteiger partial charge in [0.2, 0.25) is 0 Å². The molecule has 1 heterocycles. The summed E-state index contributed by atoms with van der Waals surface area (Å²) in [7, 11) is 0. The molecular weight excluding hydrogens is 220 g/mol. The molecule has 2 heteroatoms.